The van der Waals surface area contributed by atoms with Crippen LogP contribution in [0.4, 0.5) is 0 Å². The van der Waals surface area contributed by atoms with E-state index in [4.69, 9.17) is 103 Å². The number of aliphatic hydroxyl groups excluding tert-OH is 2. The number of ether oxygens (including phenoxy) is 1. The Bertz CT molecular complexity index is 2990. The summed E-state index contributed by atoms with van der Waals surface area (Å²) in [6, 6.07) is 23.1. The van der Waals surface area contributed by atoms with Crippen molar-refractivity contribution in [2.24, 2.45) is 29.4 Å². The molecule has 4 aromatic carbocycles. The Kier molecular flexibility index (Phi) is 40.4. The first-order chi connectivity index (χ1) is 42.8. The summed E-state index contributed by atoms with van der Waals surface area (Å²) in [4.78, 5) is 27.6. The second-order valence-corrected chi connectivity index (χ2v) is 30.7. The molecule has 509 valence electrons. The van der Waals surface area contributed by atoms with Crippen LogP contribution in [0.15, 0.2) is 72.8 Å². The molecule has 6 fully saturated rings. The monoisotopic (exact) mass is 1460 g/mol. The van der Waals surface area contributed by atoms with Crippen molar-refractivity contribution in [3.63, 3.8) is 0 Å². The first kappa shape index (κ1) is 86.9. The second kappa shape index (κ2) is 42.7. The zero-order valence-electron chi connectivity index (χ0n) is 55.1. The third-order valence-electron chi connectivity index (χ3n) is 18.9. The summed E-state index contributed by atoms with van der Waals surface area (Å²) < 4.78 is 24.1. The Labute approximate surface area is 610 Å². The summed E-state index contributed by atoms with van der Waals surface area (Å²) in [6.07, 6.45) is 20.8. The Morgan fingerprint density at radius 1 is 0.641 bits per heavy atom. The summed E-state index contributed by atoms with van der Waals surface area (Å²) in [5, 5.41) is 30.5. The fraction of sp³-hybridized carbons (Fsp3) is 0.609. The summed E-state index contributed by atoms with van der Waals surface area (Å²) in [7, 11) is 1.31. The van der Waals surface area contributed by atoms with Gasteiger partial charge < -0.3 is 43.1 Å². The number of rotatable bonds is 13. The van der Waals surface area contributed by atoms with Gasteiger partial charge in [0.15, 0.2) is 0 Å². The number of likely N-dealkylation sites (N-methyl/N-ethyl adjacent to an activating group) is 3. The van der Waals surface area contributed by atoms with Crippen LogP contribution in [-0.4, -0.2) is 116 Å². The summed E-state index contributed by atoms with van der Waals surface area (Å²) >= 11 is 48.7. The van der Waals surface area contributed by atoms with Crippen LogP contribution in [0.25, 0.3) is 0 Å². The molecular formula is C69H98BCl9LiN4O7S. The molecule has 10 rings (SSSR count). The van der Waals surface area contributed by atoms with E-state index in [0.717, 1.165) is 114 Å². The number of aliphatic hydroxyl groups is 2. The molecule has 4 aromatic rings. The minimum absolute atomic E-state index is 0. The van der Waals surface area contributed by atoms with E-state index in [-0.39, 0.29) is 75.5 Å². The van der Waals surface area contributed by atoms with E-state index >= 15 is 0 Å². The largest absolute Gasteiger partial charge is 1.00 e. The fourth-order valence-corrected chi connectivity index (χ4v) is 15.4. The van der Waals surface area contributed by atoms with Crippen molar-refractivity contribution in [2.45, 2.75) is 172 Å². The van der Waals surface area contributed by atoms with Gasteiger partial charge in [0, 0.05) is 81.2 Å². The molecule has 4 saturated carbocycles. The third-order valence-corrected chi connectivity index (χ3v) is 21.8. The standard InChI is InChI=1S/C16H21Cl2NO2.C16H23Cl2NO.C16H21Cl2N.C14H14Cl2O2.C4H9.C2H7N.CH3ClO2S.B.Li/c1-2-19-15(21)16(8-4-3-5-12(16)10-20)11-6-7-13(17)14(18)9-11;1-2-19-11-16(8-4-3-5-13(16)10-20)12-6-7-14(17)15(18)9-12;1-2-19-10-13-5-3-4-8-16(13,11-19)12-6-7-14(17)15(18)9-12;15-11-5-4-9(7-12(11)16)14-6-2-1-3-10(14)8-18-13(14)17;1-3-4-2;1-2-3;1-5(2,3)4;;/h6-7,9,12,20H,2-5,8,10H2,1H3,(H,19,21);6-7,9,13,19-20H,2-5,8,10-11H2,1H3;6-7,9,13H,2-5,8,10-11H2,1H3;4-5,7,10H,1-3,6,8H2;1,3-4H2,2H3;2-3H2,1H3;1H3;;/q;;;;-1;;;;+1/t12-,16+;2*13-,16+;10-,14+;;;;;/m0000...../s1. The van der Waals surface area contributed by atoms with Gasteiger partial charge in [0.25, 0.3) is 0 Å². The average Bonchev–Trinajstić information content (AvgIpc) is 1.40. The number of fused-ring (bicyclic) bond motifs is 2. The SMILES string of the molecule is CCN.CCN1C[C@@H]2CCCC[C@]2(c2ccc(Cl)c(Cl)c2)C1.CCNC(=O)[C@@]1(c2ccc(Cl)c(Cl)c2)CCCC[C@H]1CO.CCNC[C@@]1(c2ccc(Cl)c(Cl)c2)CCCC[C@H]1CO.CS(=O)(=O)Cl.O=C1OC[C@@H]2CCCC[C@]12c1ccc(Cl)c(Cl)c1.[B].[CH2-]CCC.[Li+]. The Morgan fingerprint density at radius 3 is 1.58 bits per heavy atom. The number of nitrogens with one attached hydrogen (secondary N) is 2. The molecular weight excluding hydrogens is 1370 g/mol. The number of carbonyl (C=O) groups is 2. The second-order valence-electron chi connectivity index (χ2n) is 24.4. The van der Waals surface area contributed by atoms with Gasteiger partial charge in [0.05, 0.1) is 63.9 Å². The molecule has 11 nitrogen and oxygen atoms in total. The van der Waals surface area contributed by atoms with Crippen LogP contribution in [0.3, 0.4) is 0 Å². The number of halogens is 9. The van der Waals surface area contributed by atoms with Gasteiger partial charge in [-0.15, -0.1) is 0 Å². The molecule has 23 heteroatoms. The number of cyclic esters (lactones) is 1. The summed E-state index contributed by atoms with van der Waals surface area (Å²) in [5.41, 5.74) is 8.36. The van der Waals surface area contributed by atoms with Crippen molar-refractivity contribution in [1.82, 2.24) is 15.5 Å². The van der Waals surface area contributed by atoms with Crippen LogP contribution in [0, 0.1) is 30.6 Å². The van der Waals surface area contributed by atoms with Gasteiger partial charge in [0.2, 0.25) is 15.0 Å². The van der Waals surface area contributed by atoms with Crippen LogP contribution in [0.1, 0.15) is 172 Å². The van der Waals surface area contributed by atoms with E-state index < -0.39 is 19.9 Å². The average molecular weight is 1460 g/mol. The van der Waals surface area contributed by atoms with Gasteiger partial charge in [0.1, 0.15) is 0 Å². The number of amides is 1. The molecule has 1 amide bonds. The molecule has 2 heterocycles. The minimum Gasteiger partial charge on any atom is -0.465 e. The number of unbranched alkanes of at least 4 members (excludes halogenated alkanes) is 1. The number of hydrogen-bond acceptors (Lipinski definition) is 10. The first-order valence-corrected chi connectivity index (χ1v) is 37.9. The van der Waals surface area contributed by atoms with E-state index in [0.29, 0.717) is 58.7 Å². The van der Waals surface area contributed by atoms with E-state index in [2.05, 4.69) is 72.1 Å². The number of carbonyl (C=O) groups excluding carboxylic acids is 2. The molecule has 0 spiro atoms. The minimum atomic E-state index is -3.19. The molecule has 0 unspecified atom stereocenters. The predicted octanol–water partition coefficient (Wildman–Crippen LogP) is 14.7. The number of nitrogens with two attached hydrogens (primary N) is 1. The molecule has 6 N–H and O–H groups in total. The number of likely N-dealkylation sites (tertiary alicyclic amines) is 1. The quantitative estimate of drug-likeness (QED) is 0.0376. The molecule has 6 aliphatic rings. The molecule has 8 atom stereocenters. The van der Waals surface area contributed by atoms with Crippen molar-refractivity contribution < 1.29 is 51.8 Å². The van der Waals surface area contributed by atoms with Crippen LogP contribution >= 0.6 is 103 Å². The van der Waals surface area contributed by atoms with Crippen molar-refractivity contribution >= 4 is 133 Å². The van der Waals surface area contributed by atoms with Crippen molar-refractivity contribution in [2.75, 3.05) is 71.9 Å². The maximum Gasteiger partial charge on any atom is 1.00 e. The smallest absolute Gasteiger partial charge is 0.465 e. The third kappa shape index (κ3) is 23.2. The number of hydrogen-bond donors (Lipinski definition) is 5. The summed E-state index contributed by atoms with van der Waals surface area (Å²) in [5.74, 6) is 1.16. The Balaban J connectivity index is 0.000000391. The maximum atomic E-state index is 12.8. The number of esters is 1. The van der Waals surface area contributed by atoms with Gasteiger partial charge in [-0.05, 0) is 161 Å². The van der Waals surface area contributed by atoms with Gasteiger partial charge in [-0.25, -0.2) is 8.42 Å². The van der Waals surface area contributed by atoms with Crippen molar-refractivity contribution in [3.05, 3.63) is 142 Å². The summed E-state index contributed by atoms with van der Waals surface area (Å²) in [6.45, 7) is 21.4. The fourth-order valence-electron chi connectivity index (χ4n) is 14.2. The molecule has 2 saturated heterocycles. The van der Waals surface area contributed by atoms with Gasteiger partial charge in [-0.3, -0.25) is 9.59 Å². The molecule has 2 aliphatic heterocycles. The van der Waals surface area contributed by atoms with E-state index in [1.807, 2.05) is 50.2 Å². The van der Waals surface area contributed by atoms with E-state index in [9.17, 15) is 28.2 Å². The Morgan fingerprint density at radius 2 is 1.08 bits per heavy atom. The maximum absolute atomic E-state index is 12.8. The zero-order valence-corrected chi connectivity index (χ0v) is 62.7. The van der Waals surface area contributed by atoms with Crippen molar-refractivity contribution in [1.29, 1.82) is 0 Å². The molecule has 4 aliphatic carbocycles. The molecule has 0 bridgehead atoms. The van der Waals surface area contributed by atoms with Gasteiger partial charge in [-0.1, -0.05) is 203 Å². The molecule has 92 heavy (non-hydrogen) atoms. The van der Waals surface area contributed by atoms with Crippen LogP contribution < -0.4 is 35.2 Å². The normalized spacial score (nSPS) is 25.4. The molecule has 3 radical (unpaired) electrons. The van der Waals surface area contributed by atoms with Crippen LogP contribution in [-0.2, 0) is 45.0 Å². The zero-order chi connectivity index (χ0) is 66.9. The van der Waals surface area contributed by atoms with Crippen LogP contribution in [0.5, 0.6) is 0 Å². The topological polar surface area (TPSA) is 171 Å². The van der Waals surface area contributed by atoms with Gasteiger partial charge >= 0.3 is 24.8 Å². The van der Waals surface area contributed by atoms with Gasteiger partial charge in [-0.2, -0.15) is 6.42 Å². The first-order valence-electron chi connectivity index (χ1n) is 32.1. The van der Waals surface area contributed by atoms with Crippen molar-refractivity contribution in [3.8, 4) is 0 Å². The molecule has 0 aromatic heterocycles. The Hall–Kier alpha value is -1.16. The van der Waals surface area contributed by atoms with Crippen LogP contribution in [0.2, 0.25) is 40.2 Å². The number of benzene rings is 4. The number of nitrogens with zero attached hydrogens (tertiary/aromatic N) is 1. The van der Waals surface area contributed by atoms with E-state index in [1.165, 1.54) is 75.6 Å². The predicted molar refractivity (Wildman–Crippen MR) is 386 cm³/mol. The van der Waals surface area contributed by atoms with E-state index in [1.54, 1.807) is 18.2 Å².